The summed E-state index contributed by atoms with van der Waals surface area (Å²) < 4.78 is 20.3. The van der Waals surface area contributed by atoms with Crippen LogP contribution in [0.5, 0.6) is 5.75 Å². The first kappa shape index (κ1) is 24.8. The van der Waals surface area contributed by atoms with Crippen LogP contribution in [0.3, 0.4) is 0 Å². The molecule has 0 spiro atoms. The molecule has 0 radical (unpaired) electrons. The number of aryl methyl sites for hydroxylation is 1. The average molecular weight is 511 g/mol. The van der Waals surface area contributed by atoms with Gasteiger partial charge in [0, 0.05) is 30.2 Å². The van der Waals surface area contributed by atoms with E-state index in [1.54, 1.807) is 25.3 Å². The Kier molecular flexibility index (Phi) is 8.39. The van der Waals surface area contributed by atoms with Crippen LogP contribution >= 0.6 is 23.4 Å². The number of benzene rings is 3. The normalized spacial score (nSPS) is 10.8. The van der Waals surface area contributed by atoms with Crippen LogP contribution in [-0.2, 0) is 23.5 Å². The monoisotopic (exact) mass is 510 g/mol. The molecule has 0 aliphatic heterocycles. The first-order valence-electron chi connectivity index (χ1n) is 11.0. The number of carbonyl (C=O) groups excluding carboxylic acids is 1. The van der Waals surface area contributed by atoms with Crippen molar-refractivity contribution in [1.82, 2.24) is 20.1 Å². The summed E-state index contributed by atoms with van der Waals surface area (Å²) in [6.45, 7) is 0.433. The number of amides is 1. The second kappa shape index (κ2) is 11.9. The fourth-order valence-electron chi connectivity index (χ4n) is 3.42. The average Bonchev–Trinajstić information content (AvgIpc) is 3.29. The number of nitrogens with one attached hydrogen (secondary N) is 1. The number of rotatable bonds is 10. The van der Waals surface area contributed by atoms with Gasteiger partial charge in [-0.15, -0.1) is 10.2 Å². The molecule has 0 saturated carbocycles. The molecule has 0 bridgehead atoms. The molecule has 0 aliphatic rings. The second-order valence-corrected chi connectivity index (χ2v) is 9.13. The number of aromatic nitrogens is 3. The Bertz CT molecular complexity index is 1280. The first-order valence-corrected chi connectivity index (χ1v) is 12.4. The maximum atomic E-state index is 13.2. The second-order valence-electron chi connectivity index (χ2n) is 7.75. The van der Waals surface area contributed by atoms with Crippen LogP contribution in [0, 0.1) is 5.82 Å². The van der Waals surface area contributed by atoms with Crippen molar-refractivity contribution in [2.45, 2.75) is 30.3 Å². The zero-order valence-corrected chi connectivity index (χ0v) is 20.7. The number of hydrogen-bond acceptors (Lipinski definition) is 5. The molecule has 3 aromatic carbocycles. The van der Waals surface area contributed by atoms with Gasteiger partial charge in [0.05, 0.1) is 12.8 Å². The standard InChI is InChI=1S/C26H24ClFN4O2S/c1-34-23-11-7-18(8-12-23)16-29-25(33)14-13-24-30-31-26(32(24)22-4-2-3-20(27)15-22)35-17-19-5-9-21(28)10-6-19/h2-12,15H,13-14,16-17H2,1H3,(H,29,33). The van der Waals surface area contributed by atoms with Gasteiger partial charge in [-0.2, -0.15) is 0 Å². The minimum absolute atomic E-state index is 0.0815. The number of thioether (sulfide) groups is 1. The van der Waals surface area contributed by atoms with Crippen LogP contribution in [0.4, 0.5) is 4.39 Å². The molecule has 0 unspecified atom stereocenters. The summed E-state index contributed by atoms with van der Waals surface area (Å²) in [5.74, 6) is 1.68. The van der Waals surface area contributed by atoms with Crippen molar-refractivity contribution < 1.29 is 13.9 Å². The topological polar surface area (TPSA) is 69.0 Å². The van der Waals surface area contributed by atoms with Crippen molar-refractivity contribution in [1.29, 1.82) is 0 Å². The smallest absolute Gasteiger partial charge is 0.220 e. The Morgan fingerprint density at radius 3 is 2.51 bits per heavy atom. The van der Waals surface area contributed by atoms with Gasteiger partial charge in [-0.3, -0.25) is 9.36 Å². The number of carbonyl (C=O) groups is 1. The fourth-order valence-corrected chi connectivity index (χ4v) is 4.53. The van der Waals surface area contributed by atoms with E-state index in [2.05, 4.69) is 15.5 Å². The van der Waals surface area contributed by atoms with Crippen molar-refractivity contribution in [3.05, 3.63) is 101 Å². The van der Waals surface area contributed by atoms with Gasteiger partial charge in [0.25, 0.3) is 0 Å². The Labute approximate surface area is 212 Å². The van der Waals surface area contributed by atoms with Crippen molar-refractivity contribution in [2.75, 3.05) is 7.11 Å². The van der Waals surface area contributed by atoms with E-state index in [1.807, 2.05) is 47.0 Å². The molecule has 9 heteroatoms. The summed E-state index contributed by atoms with van der Waals surface area (Å²) in [5.41, 5.74) is 2.77. The summed E-state index contributed by atoms with van der Waals surface area (Å²) in [6, 6.07) is 21.3. The molecule has 4 rings (SSSR count). The van der Waals surface area contributed by atoms with Crippen LogP contribution < -0.4 is 10.1 Å². The van der Waals surface area contributed by atoms with E-state index in [-0.39, 0.29) is 18.1 Å². The third kappa shape index (κ3) is 6.83. The lowest BCUT2D eigenvalue weighted by atomic mass is 10.2. The highest BCUT2D eigenvalue weighted by atomic mass is 35.5. The molecule has 1 aromatic heterocycles. The summed E-state index contributed by atoms with van der Waals surface area (Å²) in [5, 5.41) is 12.9. The largest absolute Gasteiger partial charge is 0.497 e. The van der Waals surface area contributed by atoms with Gasteiger partial charge in [0.15, 0.2) is 5.16 Å². The van der Waals surface area contributed by atoms with Crippen LogP contribution in [0.2, 0.25) is 5.02 Å². The molecule has 35 heavy (non-hydrogen) atoms. The molecule has 1 amide bonds. The van der Waals surface area contributed by atoms with Crippen molar-refractivity contribution >= 4 is 29.3 Å². The summed E-state index contributed by atoms with van der Waals surface area (Å²) in [4.78, 5) is 12.5. The van der Waals surface area contributed by atoms with Crippen molar-refractivity contribution in [3.8, 4) is 11.4 Å². The van der Waals surface area contributed by atoms with E-state index in [0.717, 1.165) is 22.6 Å². The summed E-state index contributed by atoms with van der Waals surface area (Å²) in [6.07, 6.45) is 0.669. The zero-order valence-electron chi connectivity index (χ0n) is 19.1. The summed E-state index contributed by atoms with van der Waals surface area (Å²) >= 11 is 7.72. The molecule has 0 aliphatic carbocycles. The molecule has 6 nitrogen and oxygen atoms in total. The van der Waals surface area contributed by atoms with E-state index in [1.165, 1.54) is 23.9 Å². The Morgan fingerprint density at radius 2 is 1.80 bits per heavy atom. The number of ether oxygens (including phenoxy) is 1. The SMILES string of the molecule is COc1ccc(CNC(=O)CCc2nnc(SCc3ccc(F)cc3)n2-c2cccc(Cl)c2)cc1. The van der Waals surface area contributed by atoms with Gasteiger partial charge < -0.3 is 10.1 Å². The number of hydrogen-bond donors (Lipinski definition) is 1. The molecular formula is C26H24ClFN4O2S. The van der Waals surface area contributed by atoms with Gasteiger partial charge in [0.1, 0.15) is 17.4 Å². The molecule has 4 aromatic rings. The third-order valence-electron chi connectivity index (χ3n) is 5.27. The maximum absolute atomic E-state index is 13.2. The lowest BCUT2D eigenvalue weighted by molar-refractivity contribution is -0.121. The van der Waals surface area contributed by atoms with E-state index < -0.39 is 0 Å². The van der Waals surface area contributed by atoms with Gasteiger partial charge >= 0.3 is 0 Å². The maximum Gasteiger partial charge on any atom is 0.220 e. The van der Waals surface area contributed by atoms with E-state index in [9.17, 15) is 9.18 Å². The molecule has 1 heterocycles. The summed E-state index contributed by atoms with van der Waals surface area (Å²) in [7, 11) is 1.62. The van der Waals surface area contributed by atoms with E-state index in [0.29, 0.717) is 34.7 Å². The Morgan fingerprint density at radius 1 is 1.06 bits per heavy atom. The van der Waals surface area contributed by atoms with Crippen molar-refractivity contribution in [2.24, 2.45) is 0 Å². The highest BCUT2D eigenvalue weighted by Gasteiger charge is 2.16. The van der Waals surface area contributed by atoms with Crippen LogP contribution in [0.1, 0.15) is 23.4 Å². The highest BCUT2D eigenvalue weighted by molar-refractivity contribution is 7.98. The van der Waals surface area contributed by atoms with Gasteiger partial charge in [0.2, 0.25) is 5.91 Å². The lowest BCUT2D eigenvalue weighted by Gasteiger charge is -2.11. The number of halogens is 2. The predicted molar refractivity (Wildman–Crippen MR) is 135 cm³/mol. The zero-order chi connectivity index (χ0) is 24.6. The molecular weight excluding hydrogens is 487 g/mol. The molecule has 0 saturated heterocycles. The van der Waals surface area contributed by atoms with Crippen LogP contribution in [-0.4, -0.2) is 27.8 Å². The minimum atomic E-state index is -0.270. The Hall–Kier alpha value is -3.36. The van der Waals surface area contributed by atoms with Crippen LogP contribution in [0.15, 0.2) is 78.0 Å². The van der Waals surface area contributed by atoms with E-state index >= 15 is 0 Å². The third-order valence-corrected chi connectivity index (χ3v) is 6.51. The lowest BCUT2D eigenvalue weighted by Crippen LogP contribution is -2.23. The quantitative estimate of drug-likeness (QED) is 0.281. The Balaban J connectivity index is 1.44. The van der Waals surface area contributed by atoms with Crippen LogP contribution in [0.25, 0.3) is 5.69 Å². The molecule has 0 fully saturated rings. The molecule has 180 valence electrons. The van der Waals surface area contributed by atoms with Gasteiger partial charge in [-0.25, -0.2) is 4.39 Å². The predicted octanol–water partition coefficient (Wildman–Crippen LogP) is 5.61. The fraction of sp³-hybridized carbons (Fsp3) is 0.192. The minimum Gasteiger partial charge on any atom is -0.497 e. The van der Waals surface area contributed by atoms with E-state index in [4.69, 9.17) is 16.3 Å². The number of nitrogens with zero attached hydrogens (tertiary/aromatic N) is 3. The first-order chi connectivity index (χ1) is 17.0. The number of methoxy groups -OCH3 is 1. The molecule has 1 N–H and O–H groups in total. The molecule has 0 atom stereocenters. The highest BCUT2D eigenvalue weighted by Crippen LogP contribution is 2.27. The van der Waals surface area contributed by atoms with Gasteiger partial charge in [-0.1, -0.05) is 53.7 Å². The van der Waals surface area contributed by atoms with Crippen molar-refractivity contribution in [3.63, 3.8) is 0 Å². The van der Waals surface area contributed by atoms with Gasteiger partial charge in [-0.05, 0) is 53.6 Å².